The van der Waals surface area contributed by atoms with Crippen LogP contribution in [0.3, 0.4) is 0 Å². The first-order chi connectivity index (χ1) is 8.20. The van der Waals surface area contributed by atoms with E-state index in [1.807, 2.05) is 0 Å². The summed E-state index contributed by atoms with van der Waals surface area (Å²) in [4.78, 5) is 0. The summed E-state index contributed by atoms with van der Waals surface area (Å²) in [6, 6.07) is 7.53. The Bertz CT molecular complexity index is 366. The van der Waals surface area contributed by atoms with E-state index in [-0.39, 0.29) is 0 Å². The minimum Gasteiger partial charge on any atom is -0.313 e. The average Bonchev–Trinajstić information content (AvgIpc) is 3.13. The van der Waals surface area contributed by atoms with Crippen molar-refractivity contribution in [3.05, 3.63) is 34.9 Å². The summed E-state index contributed by atoms with van der Waals surface area (Å²) in [5.41, 5.74) is 4.36. The zero-order valence-electron chi connectivity index (χ0n) is 11.4. The van der Waals surface area contributed by atoms with Gasteiger partial charge in [-0.25, -0.2) is 0 Å². The maximum absolute atomic E-state index is 3.73. The molecule has 1 aromatic rings. The second-order valence-electron chi connectivity index (χ2n) is 5.53. The zero-order chi connectivity index (χ0) is 12.3. The van der Waals surface area contributed by atoms with Crippen LogP contribution in [0.1, 0.15) is 42.9 Å². The highest BCUT2D eigenvalue weighted by atomic mass is 14.9. The number of benzene rings is 1. The van der Waals surface area contributed by atoms with Crippen LogP contribution in [0.15, 0.2) is 18.2 Å². The predicted octanol–water partition coefficient (Wildman–Crippen LogP) is 3.62. The van der Waals surface area contributed by atoms with Crippen molar-refractivity contribution in [3.63, 3.8) is 0 Å². The molecule has 1 fully saturated rings. The first-order valence-corrected chi connectivity index (χ1v) is 7.00. The van der Waals surface area contributed by atoms with E-state index in [4.69, 9.17) is 0 Å². The van der Waals surface area contributed by atoms with Gasteiger partial charge in [0.25, 0.3) is 0 Å². The van der Waals surface area contributed by atoms with E-state index in [0.717, 1.165) is 12.5 Å². The number of aryl methyl sites for hydroxylation is 2. The molecule has 1 saturated carbocycles. The fourth-order valence-electron chi connectivity index (χ4n) is 2.49. The molecule has 1 nitrogen and oxygen atoms in total. The van der Waals surface area contributed by atoms with Crippen LogP contribution >= 0.6 is 0 Å². The van der Waals surface area contributed by atoms with E-state index in [0.29, 0.717) is 6.04 Å². The Morgan fingerprint density at radius 2 is 2.06 bits per heavy atom. The summed E-state index contributed by atoms with van der Waals surface area (Å²) in [6.45, 7) is 7.83. The number of rotatable bonds is 6. The van der Waals surface area contributed by atoms with Gasteiger partial charge >= 0.3 is 0 Å². The zero-order valence-corrected chi connectivity index (χ0v) is 11.4. The van der Waals surface area contributed by atoms with Crippen LogP contribution < -0.4 is 5.32 Å². The first kappa shape index (κ1) is 12.6. The maximum atomic E-state index is 3.73. The summed E-state index contributed by atoms with van der Waals surface area (Å²) < 4.78 is 0. The Morgan fingerprint density at radius 1 is 1.29 bits per heavy atom. The molecule has 1 aliphatic rings. The van der Waals surface area contributed by atoms with Crippen molar-refractivity contribution >= 4 is 0 Å². The summed E-state index contributed by atoms with van der Waals surface area (Å²) in [5, 5.41) is 3.73. The second-order valence-corrected chi connectivity index (χ2v) is 5.53. The van der Waals surface area contributed by atoms with Gasteiger partial charge in [-0.2, -0.15) is 0 Å². The molecule has 1 aromatic carbocycles. The molecule has 1 N–H and O–H groups in total. The normalized spacial score (nSPS) is 17.1. The van der Waals surface area contributed by atoms with E-state index >= 15 is 0 Å². The van der Waals surface area contributed by atoms with Crippen molar-refractivity contribution in [2.45, 2.75) is 52.5 Å². The third-order valence-electron chi connectivity index (χ3n) is 3.79. The average molecular weight is 231 g/mol. The standard InChI is InChI=1S/C16H25N/c1-4-9-17-16(14-7-8-14)11-15-10-12(2)5-6-13(15)3/h5-6,10,14,16-17H,4,7-9,11H2,1-3H3. The van der Waals surface area contributed by atoms with E-state index in [9.17, 15) is 0 Å². The molecule has 0 bridgehead atoms. The smallest absolute Gasteiger partial charge is 0.0136 e. The van der Waals surface area contributed by atoms with E-state index in [1.54, 1.807) is 0 Å². The Balaban J connectivity index is 2.03. The van der Waals surface area contributed by atoms with Gasteiger partial charge in [-0.15, -0.1) is 0 Å². The SMILES string of the molecule is CCCNC(Cc1cc(C)ccc1C)C1CC1. The molecule has 94 valence electrons. The van der Waals surface area contributed by atoms with Crippen molar-refractivity contribution in [1.82, 2.24) is 5.32 Å². The molecule has 0 amide bonds. The van der Waals surface area contributed by atoms with E-state index in [2.05, 4.69) is 44.3 Å². The van der Waals surface area contributed by atoms with Crippen LogP contribution in [0, 0.1) is 19.8 Å². The van der Waals surface area contributed by atoms with Crippen LogP contribution in [0.4, 0.5) is 0 Å². The topological polar surface area (TPSA) is 12.0 Å². The Labute approximate surface area is 106 Å². The molecular formula is C16H25N. The molecule has 1 unspecified atom stereocenters. The second kappa shape index (κ2) is 5.68. The first-order valence-electron chi connectivity index (χ1n) is 7.00. The Kier molecular flexibility index (Phi) is 4.22. The van der Waals surface area contributed by atoms with Gasteiger partial charge in [0.15, 0.2) is 0 Å². The van der Waals surface area contributed by atoms with Crippen molar-refractivity contribution < 1.29 is 0 Å². The van der Waals surface area contributed by atoms with E-state index in [1.165, 1.54) is 42.4 Å². The highest BCUT2D eigenvalue weighted by Crippen LogP contribution is 2.34. The third kappa shape index (κ3) is 3.57. The van der Waals surface area contributed by atoms with Gasteiger partial charge in [-0.1, -0.05) is 30.7 Å². The number of nitrogens with one attached hydrogen (secondary N) is 1. The Hall–Kier alpha value is -0.820. The van der Waals surface area contributed by atoms with Gasteiger partial charge in [0.2, 0.25) is 0 Å². The molecular weight excluding hydrogens is 206 g/mol. The van der Waals surface area contributed by atoms with Gasteiger partial charge in [0.05, 0.1) is 0 Å². The van der Waals surface area contributed by atoms with Crippen molar-refractivity contribution in [2.75, 3.05) is 6.54 Å². The fraction of sp³-hybridized carbons (Fsp3) is 0.625. The maximum Gasteiger partial charge on any atom is 0.0136 e. The molecule has 0 heterocycles. The summed E-state index contributed by atoms with van der Waals surface area (Å²) >= 11 is 0. The van der Waals surface area contributed by atoms with Gasteiger partial charge in [0, 0.05) is 6.04 Å². The van der Waals surface area contributed by atoms with Gasteiger partial charge in [-0.05, 0) is 63.1 Å². The van der Waals surface area contributed by atoms with Crippen LogP contribution in [-0.4, -0.2) is 12.6 Å². The van der Waals surface area contributed by atoms with E-state index < -0.39 is 0 Å². The van der Waals surface area contributed by atoms with Crippen LogP contribution in [0.25, 0.3) is 0 Å². The molecule has 0 spiro atoms. The lowest BCUT2D eigenvalue weighted by molar-refractivity contribution is 0.459. The van der Waals surface area contributed by atoms with Crippen molar-refractivity contribution in [1.29, 1.82) is 0 Å². The predicted molar refractivity (Wildman–Crippen MR) is 74.4 cm³/mol. The molecule has 0 aromatic heterocycles. The highest BCUT2D eigenvalue weighted by Gasteiger charge is 2.30. The molecule has 1 atom stereocenters. The minimum absolute atomic E-state index is 0.704. The highest BCUT2D eigenvalue weighted by molar-refractivity contribution is 5.31. The van der Waals surface area contributed by atoms with Gasteiger partial charge < -0.3 is 5.32 Å². The summed E-state index contributed by atoms with van der Waals surface area (Å²) in [5.74, 6) is 0.932. The lowest BCUT2D eigenvalue weighted by Crippen LogP contribution is -2.33. The van der Waals surface area contributed by atoms with Crippen LogP contribution in [0.2, 0.25) is 0 Å². The monoisotopic (exact) mass is 231 g/mol. The lowest BCUT2D eigenvalue weighted by Gasteiger charge is -2.19. The lowest BCUT2D eigenvalue weighted by atomic mass is 9.96. The summed E-state index contributed by atoms with van der Waals surface area (Å²) in [6.07, 6.45) is 5.28. The molecule has 17 heavy (non-hydrogen) atoms. The molecule has 0 saturated heterocycles. The molecule has 0 aliphatic heterocycles. The Morgan fingerprint density at radius 3 is 2.71 bits per heavy atom. The molecule has 2 rings (SSSR count). The van der Waals surface area contributed by atoms with Gasteiger partial charge in [-0.3, -0.25) is 0 Å². The number of hydrogen-bond donors (Lipinski definition) is 1. The van der Waals surface area contributed by atoms with Crippen LogP contribution in [0.5, 0.6) is 0 Å². The molecule has 1 aliphatic carbocycles. The quantitative estimate of drug-likeness (QED) is 0.788. The fourth-order valence-corrected chi connectivity index (χ4v) is 2.49. The summed E-state index contributed by atoms with van der Waals surface area (Å²) in [7, 11) is 0. The molecule has 1 heteroatoms. The van der Waals surface area contributed by atoms with Crippen molar-refractivity contribution in [2.24, 2.45) is 5.92 Å². The third-order valence-corrected chi connectivity index (χ3v) is 3.79. The minimum atomic E-state index is 0.704. The largest absolute Gasteiger partial charge is 0.313 e. The van der Waals surface area contributed by atoms with Crippen molar-refractivity contribution in [3.8, 4) is 0 Å². The number of hydrogen-bond acceptors (Lipinski definition) is 1. The molecule has 0 radical (unpaired) electrons. The van der Waals surface area contributed by atoms with Gasteiger partial charge in [0.1, 0.15) is 0 Å². The van der Waals surface area contributed by atoms with Crippen LogP contribution in [-0.2, 0) is 6.42 Å².